The molecule has 0 radical (unpaired) electrons. The fourth-order valence-corrected chi connectivity index (χ4v) is 6.10. The van der Waals surface area contributed by atoms with Crippen LogP contribution >= 0.6 is 23.5 Å². The third kappa shape index (κ3) is 6.56. The number of hydrogen-bond acceptors (Lipinski definition) is 12. The Kier molecular flexibility index (Phi) is 8.31. The van der Waals surface area contributed by atoms with Crippen LogP contribution in [0.3, 0.4) is 0 Å². The molecule has 21 heteroatoms. The summed E-state index contributed by atoms with van der Waals surface area (Å²) < 4.78 is 65.5. The van der Waals surface area contributed by atoms with Crippen molar-refractivity contribution in [1.29, 1.82) is 0 Å². The molecule has 1 aliphatic rings. The van der Waals surface area contributed by atoms with Crippen molar-refractivity contribution in [3.8, 4) is 11.8 Å². The minimum atomic E-state index is -5.84. The fourth-order valence-electron chi connectivity index (χ4n) is 2.90. The highest BCUT2D eigenvalue weighted by atomic mass is 31.3. The largest absolute Gasteiger partial charge is 0.490 e. The monoisotopic (exact) mass is 553 g/mol. The van der Waals surface area contributed by atoms with Crippen molar-refractivity contribution in [3.63, 3.8) is 0 Å². The quantitative estimate of drug-likeness (QED) is 0.146. The maximum absolute atomic E-state index is 13.9. The first-order valence-electron chi connectivity index (χ1n) is 8.68. The molecule has 0 bridgehead atoms. The summed E-state index contributed by atoms with van der Waals surface area (Å²) in [6.07, 6.45) is -7.20. The number of ether oxygens (including phenoxy) is 1. The van der Waals surface area contributed by atoms with Crippen LogP contribution in [0.4, 0.5) is 10.2 Å². The van der Waals surface area contributed by atoms with E-state index in [1.54, 1.807) is 0 Å². The van der Waals surface area contributed by atoms with E-state index in [0.29, 0.717) is 10.8 Å². The maximum atomic E-state index is 13.9. The lowest BCUT2D eigenvalue weighted by Gasteiger charge is -2.27. The second-order valence-electron chi connectivity index (χ2n) is 6.66. The van der Waals surface area contributed by atoms with Crippen molar-refractivity contribution in [2.24, 2.45) is 0 Å². The summed E-state index contributed by atoms with van der Waals surface area (Å²) in [5, 5.41) is 21.5. The molecule has 0 aromatic carbocycles. The summed E-state index contributed by atoms with van der Waals surface area (Å²) in [6, 6.07) is 0. The molecule has 2 rings (SSSR count). The second kappa shape index (κ2) is 9.84. The summed E-state index contributed by atoms with van der Waals surface area (Å²) in [4.78, 5) is 51.3. The van der Waals surface area contributed by atoms with Gasteiger partial charge in [0.1, 0.15) is 12.2 Å². The molecule has 0 saturated carbocycles. The molecule has 17 nitrogen and oxygen atoms in total. The SMILES string of the molecule is CC#CC1(O)[C@@H](O)[C@@H]([C@H](C)OP(=O)(O)OP(=O)(O)OP(=O)(O)O)O[C@H]1n1cc(F)c(N)nc1=O. The van der Waals surface area contributed by atoms with Gasteiger partial charge in [-0.05, 0) is 13.8 Å². The van der Waals surface area contributed by atoms with E-state index in [-0.39, 0.29) is 0 Å². The van der Waals surface area contributed by atoms with Crippen LogP contribution in [0.1, 0.15) is 20.1 Å². The number of nitrogen functional groups attached to an aromatic ring is 1. The van der Waals surface area contributed by atoms with Gasteiger partial charge in [0.15, 0.2) is 23.5 Å². The first-order chi connectivity index (χ1) is 15.3. The Bertz CT molecular complexity index is 1210. The predicted octanol–water partition coefficient (Wildman–Crippen LogP) is -1.29. The van der Waals surface area contributed by atoms with Gasteiger partial charge in [-0.1, -0.05) is 5.92 Å². The van der Waals surface area contributed by atoms with Gasteiger partial charge in [0.25, 0.3) is 0 Å². The molecule has 7 atom stereocenters. The number of nitrogens with two attached hydrogens (primary N) is 1. The molecule has 1 saturated heterocycles. The normalized spacial score (nSPS) is 29.5. The highest BCUT2D eigenvalue weighted by molar-refractivity contribution is 7.66. The van der Waals surface area contributed by atoms with Crippen LogP contribution in [0, 0.1) is 17.7 Å². The van der Waals surface area contributed by atoms with E-state index in [4.69, 9.17) is 20.3 Å². The molecular formula is C13H19FN3O14P3. The third-order valence-electron chi connectivity index (χ3n) is 4.11. The average Bonchev–Trinajstić information content (AvgIpc) is 2.86. The minimum Gasteiger partial charge on any atom is -0.386 e. The Morgan fingerprint density at radius 1 is 1.26 bits per heavy atom. The Balaban J connectivity index is 2.35. The van der Waals surface area contributed by atoms with Crippen LogP contribution in [-0.2, 0) is 31.6 Å². The highest BCUT2D eigenvalue weighted by Crippen LogP contribution is 2.66. The van der Waals surface area contributed by atoms with Crippen LogP contribution in [0.2, 0.25) is 0 Å². The zero-order valence-corrected chi connectivity index (χ0v) is 19.7. The first kappa shape index (κ1) is 28.7. The van der Waals surface area contributed by atoms with E-state index in [2.05, 4.69) is 30.0 Å². The van der Waals surface area contributed by atoms with Gasteiger partial charge in [-0.25, -0.2) is 22.9 Å². The van der Waals surface area contributed by atoms with Crippen molar-refractivity contribution < 1.29 is 65.8 Å². The summed E-state index contributed by atoms with van der Waals surface area (Å²) >= 11 is 0. The van der Waals surface area contributed by atoms with Gasteiger partial charge in [-0.15, -0.1) is 5.92 Å². The summed E-state index contributed by atoms with van der Waals surface area (Å²) in [5.74, 6) is 2.46. The molecule has 2 heterocycles. The van der Waals surface area contributed by atoms with Crippen LogP contribution in [-0.4, -0.2) is 63.3 Å². The number of rotatable bonds is 8. The number of hydrogen-bond donors (Lipinski definition) is 7. The summed E-state index contributed by atoms with van der Waals surface area (Å²) in [5.41, 5.74) is 1.33. The highest BCUT2D eigenvalue weighted by Gasteiger charge is 2.58. The molecule has 192 valence electrons. The Morgan fingerprint density at radius 3 is 2.38 bits per heavy atom. The topological polar surface area (TPSA) is 270 Å². The van der Waals surface area contributed by atoms with Crippen molar-refractivity contribution >= 4 is 29.3 Å². The van der Waals surface area contributed by atoms with E-state index >= 15 is 0 Å². The number of aliphatic hydroxyl groups excluding tert-OH is 1. The second-order valence-corrected chi connectivity index (χ2v) is 11.0. The van der Waals surface area contributed by atoms with Gasteiger partial charge in [0, 0.05) is 0 Å². The Labute approximate surface area is 189 Å². The fraction of sp³-hybridized carbons (Fsp3) is 0.538. The van der Waals surface area contributed by atoms with E-state index in [1.807, 2.05) is 0 Å². The molecule has 0 amide bonds. The molecule has 0 spiro atoms. The standard InChI is InChI=1S/C13H19FN3O14P3/c1-3-4-13(20)9(18)8(28-11(13)17-5-7(14)10(15)16-12(17)19)6(2)29-33(24,25)31-34(26,27)30-32(21,22)23/h5-6,8-9,11,18,20H,1-2H3,(H,24,25)(H,26,27)(H2,15,16,19)(H2,21,22,23)/t6-,8+,9-,11+,13?/m0/s1. The zero-order chi connectivity index (χ0) is 26.3. The van der Waals surface area contributed by atoms with Crippen molar-refractivity contribution in [2.45, 2.75) is 44.0 Å². The molecule has 1 aromatic rings. The van der Waals surface area contributed by atoms with Gasteiger partial charge in [-0.2, -0.15) is 13.6 Å². The van der Waals surface area contributed by atoms with E-state index in [0.717, 1.165) is 6.92 Å². The molecule has 1 fully saturated rings. The van der Waals surface area contributed by atoms with E-state index in [1.165, 1.54) is 6.92 Å². The number of aromatic nitrogens is 2. The molecule has 8 N–H and O–H groups in total. The number of nitrogens with zero attached hydrogens (tertiary/aromatic N) is 2. The number of aliphatic hydroxyl groups is 2. The number of phosphoric ester groups is 1. The van der Waals surface area contributed by atoms with Crippen LogP contribution < -0.4 is 11.4 Å². The molecule has 0 aliphatic carbocycles. The molecule has 1 aliphatic heterocycles. The first-order valence-corrected chi connectivity index (χ1v) is 13.2. The third-order valence-corrected chi connectivity index (χ3v) is 8.04. The maximum Gasteiger partial charge on any atom is 0.490 e. The number of phosphoric acid groups is 3. The smallest absolute Gasteiger partial charge is 0.386 e. The molecule has 1 aromatic heterocycles. The van der Waals surface area contributed by atoms with Crippen LogP contribution in [0.5, 0.6) is 0 Å². The lowest BCUT2D eigenvalue weighted by atomic mass is 9.93. The van der Waals surface area contributed by atoms with Crippen LogP contribution in [0.15, 0.2) is 11.0 Å². The minimum absolute atomic E-state index is 0.400. The molecule has 3 unspecified atom stereocenters. The van der Waals surface area contributed by atoms with Crippen molar-refractivity contribution in [1.82, 2.24) is 9.55 Å². The number of anilines is 1. The van der Waals surface area contributed by atoms with Crippen molar-refractivity contribution in [3.05, 3.63) is 22.5 Å². The van der Waals surface area contributed by atoms with E-state index < -0.39 is 70.9 Å². The summed E-state index contributed by atoms with van der Waals surface area (Å²) in [7, 11) is -17.1. The van der Waals surface area contributed by atoms with Gasteiger partial charge < -0.3 is 40.3 Å². The Hall–Kier alpha value is -1.54. The van der Waals surface area contributed by atoms with Gasteiger partial charge in [0.05, 0.1) is 12.3 Å². The number of halogens is 1. The Morgan fingerprint density at radius 2 is 1.85 bits per heavy atom. The zero-order valence-electron chi connectivity index (χ0n) is 17.0. The summed E-state index contributed by atoms with van der Waals surface area (Å²) in [6.45, 7) is 2.17. The van der Waals surface area contributed by atoms with Crippen molar-refractivity contribution in [2.75, 3.05) is 5.73 Å². The molecule has 34 heavy (non-hydrogen) atoms. The predicted molar refractivity (Wildman–Crippen MR) is 106 cm³/mol. The van der Waals surface area contributed by atoms with Gasteiger partial charge in [0.2, 0.25) is 0 Å². The lowest BCUT2D eigenvalue weighted by molar-refractivity contribution is -0.0871. The van der Waals surface area contributed by atoms with Crippen LogP contribution in [0.25, 0.3) is 0 Å². The lowest BCUT2D eigenvalue weighted by Crippen LogP contribution is -2.49. The van der Waals surface area contributed by atoms with Gasteiger partial charge in [-0.3, -0.25) is 9.09 Å². The molecular weight excluding hydrogens is 534 g/mol. The van der Waals surface area contributed by atoms with Gasteiger partial charge >= 0.3 is 29.2 Å². The van der Waals surface area contributed by atoms with E-state index in [9.17, 15) is 42.9 Å². The average molecular weight is 553 g/mol.